The standard InChI is InChI=1S/C32H41F4NO5/c1-3-42-25-19-22(18-24(20-25)32(34,35)36)28-26(11-8-12-27(28)33)31(40,15-6-7-17-41-2)23-10-9-16-37(21-23)29(38)30(39)13-4-5-14-30/h8,11-12,18-20,23,39-40H,3-7,9-10,13-17,21H2,1-2H3/t23?,31-/m1/s1. The zero-order valence-electron chi connectivity index (χ0n) is 24.3. The molecule has 10 heteroatoms. The average molecular weight is 596 g/mol. The maximum atomic E-state index is 15.7. The zero-order valence-corrected chi connectivity index (χ0v) is 24.3. The largest absolute Gasteiger partial charge is 0.494 e. The lowest BCUT2D eigenvalue weighted by molar-refractivity contribution is -0.155. The summed E-state index contributed by atoms with van der Waals surface area (Å²) in [6.07, 6.45) is -0.0262. The SMILES string of the molecule is CCOc1cc(-c2c(F)cccc2[C@@](O)(CCCCOC)C2CCCN(C(=O)C3(O)CCCC3)C2)cc(C(F)(F)F)c1. The summed E-state index contributed by atoms with van der Waals surface area (Å²) in [4.78, 5) is 15.0. The summed E-state index contributed by atoms with van der Waals surface area (Å²) < 4.78 is 68.0. The second-order valence-electron chi connectivity index (χ2n) is 11.5. The Hall–Kier alpha value is -2.69. The third-order valence-electron chi connectivity index (χ3n) is 8.68. The van der Waals surface area contributed by atoms with Crippen LogP contribution in [0.25, 0.3) is 11.1 Å². The van der Waals surface area contributed by atoms with Crippen LogP contribution in [0.15, 0.2) is 36.4 Å². The van der Waals surface area contributed by atoms with E-state index in [-0.39, 0.29) is 47.9 Å². The highest BCUT2D eigenvalue weighted by Gasteiger charge is 2.47. The van der Waals surface area contributed by atoms with Crippen molar-refractivity contribution < 1.29 is 42.0 Å². The lowest BCUT2D eigenvalue weighted by atomic mass is 9.71. The molecule has 1 saturated heterocycles. The summed E-state index contributed by atoms with van der Waals surface area (Å²) in [5, 5.41) is 23.5. The van der Waals surface area contributed by atoms with E-state index in [0.717, 1.165) is 31.0 Å². The number of aliphatic hydroxyl groups is 2. The van der Waals surface area contributed by atoms with Gasteiger partial charge in [0.25, 0.3) is 5.91 Å². The fourth-order valence-corrected chi connectivity index (χ4v) is 6.55. The van der Waals surface area contributed by atoms with Gasteiger partial charge in [0.1, 0.15) is 17.2 Å². The van der Waals surface area contributed by atoms with Gasteiger partial charge in [-0.15, -0.1) is 0 Å². The van der Waals surface area contributed by atoms with Crippen LogP contribution in [-0.4, -0.2) is 60.0 Å². The molecule has 1 aliphatic heterocycles. The van der Waals surface area contributed by atoms with E-state index in [4.69, 9.17) is 9.47 Å². The van der Waals surface area contributed by atoms with Gasteiger partial charge in [-0.1, -0.05) is 12.1 Å². The summed E-state index contributed by atoms with van der Waals surface area (Å²) in [5.74, 6) is -1.72. The lowest BCUT2D eigenvalue weighted by Crippen LogP contribution is -2.54. The Morgan fingerprint density at radius 1 is 1.12 bits per heavy atom. The van der Waals surface area contributed by atoms with Gasteiger partial charge < -0.3 is 24.6 Å². The van der Waals surface area contributed by atoms with Crippen molar-refractivity contribution in [3.05, 3.63) is 53.3 Å². The molecule has 2 atom stereocenters. The van der Waals surface area contributed by atoms with Gasteiger partial charge in [-0.05, 0) is 100 Å². The fraction of sp³-hybridized carbons (Fsp3) is 0.594. The Morgan fingerprint density at radius 3 is 2.52 bits per heavy atom. The van der Waals surface area contributed by atoms with E-state index in [9.17, 15) is 28.2 Å². The van der Waals surface area contributed by atoms with Crippen molar-refractivity contribution in [3.8, 4) is 16.9 Å². The minimum Gasteiger partial charge on any atom is -0.494 e. The molecule has 2 aliphatic rings. The Bertz CT molecular complexity index is 1230. The Labute approximate surface area is 244 Å². The molecule has 0 bridgehead atoms. The van der Waals surface area contributed by atoms with Gasteiger partial charge in [0.05, 0.1) is 17.8 Å². The third-order valence-corrected chi connectivity index (χ3v) is 8.68. The molecular formula is C32H41F4NO5. The van der Waals surface area contributed by atoms with Gasteiger partial charge in [-0.3, -0.25) is 4.79 Å². The number of piperidine rings is 1. The molecule has 0 aromatic heterocycles. The number of rotatable bonds is 11. The predicted octanol–water partition coefficient (Wildman–Crippen LogP) is 6.46. The van der Waals surface area contributed by atoms with Gasteiger partial charge in [0.15, 0.2) is 0 Å². The first-order valence-corrected chi connectivity index (χ1v) is 14.8. The number of hydrogen-bond acceptors (Lipinski definition) is 5. The highest BCUT2D eigenvalue weighted by Crippen LogP contribution is 2.46. The van der Waals surface area contributed by atoms with Crippen molar-refractivity contribution in [2.45, 2.75) is 82.1 Å². The molecule has 0 spiro atoms. The smallest absolute Gasteiger partial charge is 0.416 e. The Kier molecular flexibility index (Phi) is 10.2. The summed E-state index contributed by atoms with van der Waals surface area (Å²) >= 11 is 0. The molecule has 1 unspecified atom stereocenters. The van der Waals surface area contributed by atoms with E-state index in [0.29, 0.717) is 51.7 Å². The second kappa shape index (κ2) is 13.3. The molecular weight excluding hydrogens is 554 g/mol. The lowest BCUT2D eigenvalue weighted by Gasteiger charge is -2.45. The zero-order chi connectivity index (χ0) is 30.5. The van der Waals surface area contributed by atoms with Crippen molar-refractivity contribution >= 4 is 5.91 Å². The summed E-state index contributed by atoms with van der Waals surface area (Å²) in [6, 6.07) is 7.28. The Morgan fingerprint density at radius 2 is 1.86 bits per heavy atom. The average Bonchev–Trinajstić information content (AvgIpc) is 3.42. The van der Waals surface area contributed by atoms with Crippen molar-refractivity contribution in [2.75, 3.05) is 33.4 Å². The normalized spacial score (nSPS) is 20.4. The molecule has 6 nitrogen and oxygen atoms in total. The summed E-state index contributed by atoms with van der Waals surface area (Å²) in [6.45, 7) is 2.78. The number of halogens is 4. The minimum absolute atomic E-state index is 0.0549. The molecule has 2 aromatic carbocycles. The fourth-order valence-electron chi connectivity index (χ4n) is 6.55. The van der Waals surface area contributed by atoms with Gasteiger partial charge in [0, 0.05) is 38.3 Å². The first-order chi connectivity index (χ1) is 19.9. The monoisotopic (exact) mass is 595 g/mol. The summed E-state index contributed by atoms with van der Waals surface area (Å²) in [5.41, 5.74) is -4.10. The number of hydrogen-bond donors (Lipinski definition) is 2. The first kappa shape index (κ1) is 32.2. The van der Waals surface area contributed by atoms with E-state index in [1.807, 2.05) is 0 Å². The van der Waals surface area contributed by atoms with Crippen LogP contribution in [0.2, 0.25) is 0 Å². The number of amides is 1. The predicted molar refractivity (Wildman–Crippen MR) is 150 cm³/mol. The number of nitrogens with zero attached hydrogens (tertiary/aromatic N) is 1. The number of alkyl halides is 3. The molecule has 1 amide bonds. The van der Waals surface area contributed by atoms with Crippen LogP contribution in [0.1, 0.15) is 75.8 Å². The first-order valence-electron chi connectivity index (χ1n) is 14.8. The van der Waals surface area contributed by atoms with Crippen LogP contribution in [0.5, 0.6) is 5.75 Å². The second-order valence-corrected chi connectivity index (χ2v) is 11.5. The quantitative estimate of drug-likeness (QED) is 0.230. The molecule has 232 valence electrons. The highest BCUT2D eigenvalue weighted by atomic mass is 19.4. The van der Waals surface area contributed by atoms with E-state index >= 15 is 4.39 Å². The van der Waals surface area contributed by atoms with E-state index in [1.165, 1.54) is 12.1 Å². The van der Waals surface area contributed by atoms with E-state index in [1.54, 1.807) is 25.0 Å². The van der Waals surface area contributed by atoms with Crippen molar-refractivity contribution in [1.29, 1.82) is 0 Å². The Balaban J connectivity index is 1.80. The van der Waals surface area contributed by atoms with Crippen LogP contribution in [0.3, 0.4) is 0 Å². The van der Waals surface area contributed by atoms with Crippen molar-refractivity contribution in [2.24, 2.45) is 5.92 Å². The maximum Gasteiger partial charge on any atom is 0.416 e. The van der Waals surface area contributed by atoms with Crippen molar-refractivity contribution in [3.63, 3.8) is 0 Å². The van der Waals surface area contributed by atoms with Crippen LogP contribution >= 0.6 is 0 Å². The number of ether oxygens (including phenoxy) is 2. The molecule has 2 N–H and O–H groups in total. The van der Waals surface area contributed by atoms with Crippen molar-refractivity contribution in [1.82, 2.24) is 4.90 Å². The van der Waals surface area contributed by atoms with Crippen LogP contribution < -0.4 is 4.74 Å². The van der Waals surface area contributed by atoms with Crippen LogP contribution in [0.4, 0.5) is 17.6 Å². The topological polar surface area (TPSA) is 79.2 Å². The summed E-state index contributed by atoms with van der Waals surface area (Å²) in [7, 11) is 1.57. The molecule has 2 aromatic rings. The van der Waals surface area contributed by atoms with Gasteiger partial charge in [0.2, 0.25) is 0 Å². The van der Waals surface area contributed by atoms with Gasteiger partial charge in [-0.25, -0.2) is 4.39 Å². The number of unbranched alkanes of at least 4 members (excludes halogenated alkanes) is 1. The van der Waals surface area contributed by atoms with E-state index in [2.05, 4.69) is 0 Å². The van der Waals surface area contributed by atoms with E-state index < -0.39 is 34.7 Å². The third kappa shape index (κ3) is 6.92. The van der Waals surface area contributed by atoms with Gasteiger partial charge in [-0.2, -0.15) is 13.2 Å². The molecule has 1 heterocycles. The maximum absolute atomic E-state index is 15.7. The van der Waals surface area contributed by atoms with Crippen LogP contribution in [-0.2, 0) is 21.3 Å². The van der Waals surface area contributed by atoms with Crippen LogP contribution in [0, 0.1) is 11.7 Å². The number of carbonyl (C=O) groups is 1. The molecule has 0 radical (unpaired) electrons. The highest BCUT2D eigenvalue weighted by molar-refractivity contribution is 5.85. The number of likely N-dealkylation sites (tertiary alicyclic amines) is 1. The minimum atomic E-state index is -4.70. The molecule has 2 fully saturated rings. The molecule has 1 saturated carbocycles. The number of methoxy groups -OCH3 is 1. The van der Waals surface area contributed by atoms with Gasteiger partial charge >= 0.3 is 6.18 Å². The molecule has 42 heavy (non-hydrogen) atoms. The number of carbonyl (C=O) groups excluding carboxylic acids is 1. The number of benzene rings is 2. The molecule has 1 aliphatic carbocycles. The molecule has 4 rings (SSSR count).